The molecular weight excluding hydrogens is 212 g/mol. The highest BCUT2D eigenvalue weighted by Crippen LogP contribution is 2.40. The summed E-state index contributed by atoms with van der Waals surface area (Å²) in [6, 6.07) is 0. The standard InChI is InChI=1S/C14H20N2O/c1-5-9(3)16-14-10(4)13-8(2)6-11(15)7-12(13)17-14/h7-8H,5-6,15H2,1-4H3. The molecule has 1 aromatic heterocycles. The van der Waals surface area contributed by atoms with Crippen LogP contribution in [0.2, 0.25) is 0 Å². The van der Waals surface area contributed by atoms with Crippen molar-refractivity contribution in [2.45, 2.75) is 46.5 Å². The zero-order chi connectivity index (χ0) is 12.6. The number of aliphatic imine (C=N–C) groups is 1. The fourth-order valence-electron chi connectivity index (χ4n) is 2.30. The molecule has 0 saturated heterocycles. The van der Waals surface area contributed by atoms with Gasteiger partial charge < -0.3 is 10.2 Å². The van der Waals surface area contributed by atoms with Crippen LogP contribution in [0.15, 0.2) is 15.1 Å². The molecule has 0 amide bonds. The van der Waals surface area contributed by atoms with E-state index in [0.717, 1.165) is 41.5 Å². The van der Waals surface area contributed by atoms with Gasteiger partial charge in [0, 0.05) is 22.5 Å². The molecule has 92 valence electrons. The summed E-state index contributed by atoms with van der Waals surface area (Å²) in [4.78, 5) is 4.52. The van der Waals surface area contributed by atoms with Crippen LogP contribution in [0.4, 0.5) is 5.88 Å². The maximum atomic E-state index is 5.89. The van der Waals surface area contributed by atoms with E-state index in [1.165, 1.54) is 5.56 Å². The van der Waals surface area contributed by atoms with E-state index >= 15 is 0 Å². The lowest BCUT2D eigenvalue weighted by Gasteiger charge is -2.16. The molecule has 0 radical (unpaired) electrons. The first-order chi connectivity index (χ1) is 8.02. The molecular formula is C14H20N2O. The first-order valence-corrected chi connectivity index (χ1v) is 6.16. The van der Waals surface area contributed by atoms with Gasteiger partial charge in [0.1, 0.15) is 5.76 Å². The molecule has 2 rings (SSSR count). The van der Waals surface area contributed by atoms with Crippen LogP contribution in [-0.2, 0) is 0 Å². The van der Waals surface area contributed by atoms with E-state index in [1.54, 1.807) is 0 Å². The third kappa shape index (κ3) is 2.14. The van der Waals surface area contributed by atoms with Crippen molar-refractivity contribution in [1.82, 2.24) is 0 Å². The Hall–Kier alpha value is -1.51. The molecule has 0 aliphatic heterocycles. The molecule has 1 atom stereocenters. The molecule has 1 aliphatic rings. The van der Waals surface area contributed by atoms with Crippen molar-refractivity contribution in [3.05, 3.63) is 22.6 Å². The second kappa shape index (κ2) is 4.40. The predicted molar refractivity (Wildman–Crippen MR) is 71.7 cm³/mol. The fourth-order valence-corrected chi connectivity index (χ4v) is 2.30. The van der Waals surface area contributed by atoms with E-state index in [0.29, 0.717) is 5.92 Å². The van der Waals surface area contributed by atoms with Gasteiger partial charge in [0.05, 0.1) is 0 Å². The Balaban J connectivity index is 2.50. The van der Waals surface area contributed by atoms with Crippen LogP contribution in [0.25, 0.3) is 6.08 Å². The summed E-state index contributed by atoms with van der Waals surface area (Å²) >= 11 is 0. The van der Waals surface area contributed by atoms with E-state index in [4.69, 9.17) is 10.2 Å². The molecule has 0 bridgehead atoms. The summed E-state index contributed by atoms with van der Waals surface area (Å²) in [7, 11) is 0. The van der Waals surface area contributed by atoms with Gasteiger partial charge in [-0.1, -0.05) is 13.8 Å². The maximum Gasteiger partial charge on any atom is 0.222 e. The minimum atomic E-state index is 0.421. The van der Waals surface area contributed by atoms with Crippen LogP contribution >= 0.6 is 0 Å². The van der Waals surface area contributed by atoms with E-state index in [2.05, 4.69) is 25.8 Å². The second-order valence-electron chi connectivity index (χ2n) is 4.84. The van der Waals surface area contributed by atoms with Gasteiger partial charge in [-0.3, -0.25) is 0 Å². The second-order valence-corrected chi connectivity index (χ2v) is 4.84. The molecule has 0 spiro atoms. The Morgan fingerprint density at radius 3 is 2.94 bits per heavy atom. The summed E-state index contributed by atoms with van der Waals surface area (Å²) < 4.78 is 5.81. The van der Waals surface area contributed by atoms with Crippen molar-refractivity contribution in [2.75, 3.05) is 0 Å². The first kappa shape index (κ1) is 12.0. The maximum absolute atomic E-state index is 5.89. The van der Waals surface area contributed by atoms with Gasteiger partial charge in [-0.25, -0.2) is 4.99 Å². The highest BCUT2D eigenvalue weighted by molar-refractivity contribution is 5.84. The molecule has 0 aromatic carbocycles. The Morgan fingerprint density at radius 1 is 1.59 bits per heavy atom. The Bertz CT molecular complexity index is 495. The number of furan rings is 1. The van der Waals surface area contributed by atoms with Crippen molar-refractivity contribution < 1.29 is 4.42 Å². The van der Waals surface area contributed by atoms with Crippen LogP contribution in [0.5, 0.6) is 0 Å². The van der Waals surface area contributed by atoms with Gasteiger partial charge in [0.2, 0.25) is 5.88 Å². The van der Waals surface area contributed by atoms with E-state index < -0.39 is 0 Å². The quantitative estimate of drug-likeness (QED) is 0.786. The lowest BCUT2D eigenvalue weighted by atomic mass is 9.89. The summed E-state index contributed by atoms with van der Waals surface area (Å²) in [6.07, 6.45) is 3.78. The van der Waals surface area contributed by atoms with Gasteiger partial charge in [-0.15, -0.1) is 0 Å². The van der Waals surface area contributed by atoms with Crippen molar-refractivity contribution in [1.29, 1.82) is 0 Å². The Labute approximate surface area is 102 Å². The predicted octanol–water partition coefficient (Wildman–Crippen LogP) is 3.90. The van der Waals surface area contributed by atoms with Gasteiger partial charge in [0.15, 0.2) is 0 Å². The van der Waals surface area contributed by atoms with E-state index in [9.17, 15) is 0 Å². The van der Waals surface area contributed by atoms with Crippen LogP contribution in [0, 0.1) is 6.92 Å². The number of allylic oxidation sites excluding steroid dienone is 1. The molecule has 1 heterocycles. The molecule has 3 nitrogen and oxygen atoms in total. The van der Waals surface area contributed by atoms with E-state index in [1.807, 2.05) is 13.0 Å². The average molecular weight is 232 g/mol. The summed E-state index contributed by atoms with van der Waals surface area (Å²) in [5.41, 5.74) is 10.3. The smallest absolute Gasteiger partial charge is 0.222 e. The van der Waals surface area contributed by atoms with Crippen LogP contribution < -0.4 is 5.73 Å². The van der Waals surface area contributed by atoms with Crippen molar-refractivity contribution in [2.24, 2.45) is 10.7 Å². The lowest BCUT2D eigenvalue weighted by molar-refractivity contribution is 0.552. The third-order valence-corrected chi connectivity index (χ3v) is 3.35. The summed E-state index contributed by atoms with van der Waals surface area (Å²) in [6.45, 7) is 8.38. The zero-order valence-corrected chi connectivity index (χ0v) is 11.0. The minimum absolute atomic E-state index is 0.421. The Morgan fingerprint density at radius 2 is 2.29 bits per heavy atom. The highest BCUT2D eigenvalue weighted by Gasteiger charge is 2.24. The summed E-state index contributed by atoms with van der Waals surface area (Å²) in [5.74, 6) is 2.05. The normalized spacial score (nSPS) is 20.1. The minimum Gasteiger partial charge on any atom is -0.438 e. The molecule has 17 heavy (non-hydrogen) atoms. The number of fused-ring (bicyclic) bond motifs is 1. The van der Waals surface area contributed by atoms with Crippen LogP contribution in [0.3, 0.4) is 0 Å². The van der Waals surface area contributed by atoms with Crippen molar-refractivity contribution >= 4 is 17.7 Å². The molecule has 0 saturated carbocycles. The van der Waals surface area contributed by atoms with Gasteiger partial charge in [-0.05, 0) is 38.7 Å². The summed E-state index contributed by atoms with van der Waals surface area (Å²) in [5, 5.41) is 0. The van der Waals surface area contributed by atoms with Gasteiger partial charge in [-0.2, -0.15) is 0 Å². The van der Waals surface area contributed by atoms with Crippen LogP contribution in [0.1, 0.15) is 56.4 Å². The van der Waals surface area contributed by atoms with Gasteiger partial charge in [0.25, 0.3) is 0 Å². The SMILES string of the molecule is CCC(C)=Nc1oc2c(c1C)C(C)CC(N)=C2. The number of hydrogen-bond donors (Lipinski definition) is 1. The Kier molecular flexibility index (Phi) is 3.09. The van der Waals surface area contributed by atoms with Crippen molar-refractivity contribution in [3.63, 3.8) is 0 Å². The number of rotatable bonds is 2. The molecule has 1 aromatic rings. The highest BCUT2D eigenvalue weighted by atomic mass is 16.4. The molecule has 3 heteroatoms. The average Bonchev–Trinajstić information content (AvgIpc) is 2.55. The topological polar surface area (TPSA) is 51.5 Å². The van der Waals surface area contributed by atoms with Crippen LogP contribution in [-0.4, -0.2) is 5.71 Å². The van der Waals surface area contributed by atoms with E-state index in [-0.39, 0.29) is 0 Å². The molecule has 1 aliphatic carbocycles. The largest absolute Gasteiger partial charge is 0.438 e. The van der Waals surface area contributed by atoms with Gasteiger partial charge >= 0.3 is 0 Å². The fraction of sp³-hybridized carbons (Fsp3) is 0.500. The number of nitrogens with two attached hydrogens (primary N) is 1. The first-order valence-electron chi connectivity index (χ1n) is 6.16. The number of hydrogen-bond acceptors (Lipinski definition) is 3. The molecule has 1 unspecified atom stereocenters. The number of nitrogens with zero attached hydrogens (tertiary/aromatic N) is 1. The van der Waals surface area contributed by atoms with Crippen molar-refractivity contribution in [3.8, 4) is 0 Å². The monoisotopic (exact) mass is 232 g/mol. The zero-order valence-electron chi connectivity index (χ0n) is 11.0. The third-order valence-electron chi connectivity index (χ3n) is 3.35. The molecule has 0 fully saturated rings. The lowest BCUT2D eigenvalue weighted by Crippen LogP contribution is -2.08. The molecule has 2 N–H and O–H groups in total.